The smallest absolute Gasteiger partial charge is 0.406 e. The molecule has 0 radical (unpaired) electrons. The largest absolute Gasteiger partial charge is 0.573 e. The minimum atomic E-state index is -4.76. The molecule has 0 saturated heterocycles. The molecule has 31 heavy (non-hydrogen) atoms. The monoisotopic (exact) mass is 436 g/mol. The summed E-state index contributed by atoms with van der Waals surface area (Å²) < 4.78 is 40.2. The zero-order chi connectivity index (χ0) is 22.7. The third kappa shape index (κ3) is 9.55. The fraction of sp³-hybridized carbons (Fsp3) is 0.391. The molecular weight excluding hydrogens is 409 g/mol. The van der Waals surface area contributed by atoms with Crippen LogP contribution in [0.3, 0.4) is 0 Å². The Morgan fingerprint density at radius 3 is 1.81 bits per heavy atom. The van der Waals surface area contributed by atoms with Crippen molar-refractivity contribution in [3.8, 4) is 5.75 Å². The van der Waals surface area contributed by atoms with Crippen molar-refractivity contribution in [1.82, 2.24) is 10.6 Å². The van der Waals surface area contributed by atoms with Crippen molar-refractivity contribution in [1.29, 1.82) is 0 Å². The van der Waals surface area contributed by atoms with Crippen molar-refractivity contribution in [3.63, 3.8) is 0 Å². The highest BCUT2D eigenvalue weighted by atomic mass is 19.4. The Morgan fingerprint density at radius 1 is 0.839 bits per heavy atom. The van der Waals surface area contributed by atoms with E-state index in [0.29, 0.717) is 24.6 Å². The molecule has 0 saturated carbocycles. The van der Waals surface area contributed by atoms with E-state index in [1.54, 1.807) is 12.1 Å². The van der Waals surface area contributed by atoms with Gasteiger partial charge in [0.2, 0.25) is 0 Å². The summed E-state index contributed by atoms with van der Waals surface area (Å²) in [4.78, 5) is 24.0. The van der Waals surface area contributed by atoms with Gasteiger partial charge in [-0.3, -0.25) is 9.59 Å². The Kier molecular flexibility index (Phi) is 9.37. The molecule has 0 bridgehead atoms. The van der Waals surface area contributed by atoms with Gasteiger partial charge in [-0.15, -0.1) is 13.2 Å². The molecule has 2 amide bonds. The van der Waals surface area contributed by atoms with E-state index in [1.807, 2.05) is 18.2 Å². The van der Waals surface area contributed by atoms with Crippen LogP contribution in [0.4, 0.5) is 13.2 Å². The molecule has 2 rings (SSSR count). The topological polar surface area (TPSA) is 67.4 Å². The Hall–Kier alpha value is -3.03. The lowest BCUT2D eigenvalue weighted by atomic mass is 10.00. The molecule has 0 aliphatic heterocycles. The van der Waals surface area contributed by atoms with Crippen LogP contribution in [0.15, 0.2) is 54.6 Å². The van der Waals surface area contributed by atoms with E-state index in [-0.39, 0.29) is 23.1 Å². The first-order valence-corrected chi connectivity index (χ1v) is 10.2. The van der Waals surface area contributed by atoms with Crippen LogP contribution in [0.1, 0.15) is 53.3 Å². The summed E-state index contributed by atoms with van der Waals surface area (Å²) in [6.45, 7) is 3.22. The van der Waals surface area contributed by atoms with Crippen LogP contribution >= 0.6 is 0 Å². The molecule has 0 fully saturated rings. The van der Waals surface area contributed by atoms with Gasteiger partial charge in [-0.1, -0.05) is 25.1 Å². The molecule has 2 aromatic carbocycles. The maximum absolute atomic E-state index is 12.2. The van der Waals surface area contributed by atoms with E-state index in [2.05, 4.69) is 22.3 Å². The Bertz CT molecular complexity index is 824. The van der Waals surface area contributed by atoms with Gasteiger partial charge < -0.3 is 15.4 Å². The number of benzene rings is 2. The SMILES string of the molecule is CC(CCCNC(=O)c1ccccc1)CCCNC(=O)c1ccc(OC(F)(F)F)cc1. The molecule has 0 heterocycles. The van der Waals surface area contributed by atoms with Crippen molar-refractivity contribution in [2.24, 2.45) is 5.92 Å². The van der Waals surface area contributed by atoms with Gasteiger partial charge in [0.25, 0.3) is 11.8 Å². The van der Waals surface area contributed by atoms with E-state index in [9.17, 15) is 22.8 Å². The van der Waals surface area contributed by atoms with Crippen LogP contribution in [0.2, 0.25) is 0 Å². The zero-order valence-electron chi connectivity index (χ0n) is 17.4. The number of nitrogens with one attached hydrogen (secondary N) is 2. The van der Waals surface area contributed by atoms with Gasteiger partial charge in [-0.2, -0.15) is 0 Å². The summed E-state index contributed by atoms with van der Waals surface area (Å²) >= 11 is 0. The van der Waals surface area contributed by atoms with Crippen molar-refractivity contribution in [2.75, 3.05) is 13.1 Å². The molecule has 0 aliphatic carbocycles. The second-order valence-electron chi connectivity index (χ2n) is 7.34. The van der Waals surface area contributed by atoms with Gasteiger partial charge in [0, 0.05) is 24.2 Å². The fourth-order valence-corrected chi connectivity index (χ4v) is 3.05. The fourth-order valence-electron chi connectivity index (χ4n) is 3.05. The average Bonchev–Trinajstić information content (AvgIpc) is 2.74. The third-order valence-corrected chi connectivity index (χ3v) is 4.70. The maximum atomic E-state index is 12.2. The molecule has 8 heteroatoms. The second kappa shape index (κ2) is 12.0. The number of ether oxygens (including phenoxy) is 1. The maximum Gasteiger partial charge on any atom is 0.573 e. The Balaban J connectivity index is 1.57. The third-order valence-electron chi connectivity index (χ3n) is 4.70. The number of halogens is 3. The van der Waals surface area contributed by atoms with Crippen LogP contribution in [-0.4, -0.2) is 31.3 Å². The highest BCUT2D eigenvalue weighted by Gasteiger charge is 2.31. The number of alkyl halides is 3. The van der Waals surface area contributed by atoms with Gasteiger partial charge in [-0.05, 0) is 68.0 Å². The average molecular weight is 436 g/mol. The van der Waals surface area contributed by atoms with Gasteiger partial charge in [0.1, 0.15) is 5.75 Å². The predicted molar refractivity (Wildman–Crippen MR) is 112 cm³/mol. The van der Waals surface area contributed by atoms with Crippen molar-refractivity contribution >= 4 is 11.8 Å². The summed E-state index contributed by atoms with van der Waals surface area (Å²) in [7, 11) is 0. The summed E-state index contributed by atoms with van der Waals surface area (Å²) in [6.07, 6.45) is -1.21. The van der Waals surface area contributed by atoms with Gasteiger partial charge in [0.15, 0.2) is 0 Å². The van der Waals surface area contributed by atoms with Crippen molar-refractivity contribution in [2.45, 2.75) is 39.0 Å². The van der Waals surface area contributed by atoms with Crippen LogP contribution in [0.5, 0.6) is 5.75 Å². The number of rotatable bonds is 11. The number of amides is 2. The number of hydrogen-bond donors (Lipinski definition) is 2. The minimum absolute atomic E-state index is 0.0750. The van der Waals surface area contributed by atoms with E-state index in [4.69, 9.17) is 0 Å². The van der Waals surface area contributed by atoms with Crippen LogP contribution in [-0.2, 0) is 0 Å². The van der Waals surface area contributed by atoms with E-state index in [1.165, 1.54) is 12.1 Å². The molecule has 2 aromatic rings. The highest BCUT2D eigenvalue weighted by Crippen LogP contribution is 2.22. The summed E-state index contributed by atoms with van der Waals surface area (Å²) in [5.41, 5.74) is 0.922. The van der Waals surface area contributed by atoms with Crippen molar-refractivity contribution in [3.05, 3.63) is 65.7 Å². The minimum Gasteiger partial charge on any atom is -0.406 e. The number of carbonyl (C=O) groups excluding carboxylic acids is 2. The molecule has 5 nitrogen and oxygen atoms in total. The molecule has 1 unspecified atom stereocenters. The second-order valence-corrected chi connectivity index (χ2v) is 7.34. The quantitative estimate of drug-likeness (QED) is 0.490. The van der Waals surface area contributed by atoms with E-state index >= 15 is 0 Å². The first kappa shape index (κ1) is 24.2. The first-order valence-electron chi connectivity index (χ1n) is 10.2. The number of carbonyl (C=O) groups is 2. The normalized spacial score (nSPS) is 12.1. The molecule has 0 aromatic heterocycles. The zero-order valence-corrected chi connectivity index (χ0v) is 17.4. The number of hydrogen-bond acceptors (Lipinski definition) is 3. The van der Waals surface area contributed by atoms with Crippen LogP contribution < -0.4 is 15.4 Å². The van der Waals surface area contributed by atoms with Crippen molar-refractivity contribution < 1.29 is 27.5 Å². The molecule has 0 aliphatic rings. The lowest BCUT2D eigenvalue weighted by Crippen LogP contribution is -2.25. The lowest BCUT2D eigenvalue weighted by Gasteiger charge is -2.12. The lowest BCUT2D eigenvalue weighted by molar-refractivity contribution is -0.274. The van der Waals surface area contributed by atoms with Crippen LogP contribution in [0, 0.1) is 5.92 Å². The first-order chi connectivity index (χ1) is 14.7. The van der Waals surface area contributed by atoms with E-state index in [0.717, 1.165) is 37.8 Å². The Labute approximate surface area is 180 Å². The van der Waals surface area contributed by atoms with Gasteiger partial charge in [-0.25, -0.2) is 0 Å². The molecule has 1 atom stereocenters. The summed E-state index contributed by atoms with van der Waals surface area (Å²) in [5, 5.41) is 5.67. The predicted octanol–water partition coefficient (Wildman–Crippen LogP) is 4.94. The van der Waals surface area contributed by atoms with E-state index < -0.39 is 6.36 Å². The summed E-state index contributed by atoms with van der Waals surface area (Å²) in [5.74, 6) is -0.328. The van der Waals surface area contributed by atoms with Gasteiger partial charge in [0.05, 0.1) is 0 Å². The van der Waals surface area contributed by atoms with Crippen LogP contribution in [0.25, 0.3) is 0 Å². The molecular formula is C23H27F3N2O3. The molecule has 2 N–H and O–H groups in total. The van der Waals surface area contributed by atoms with Gasteiger partial charge >= 0.3 is 6.36 Å². The molecule has 168 valence electrons. The Morgan fingerprint density at radius 2 is 1.32 bits per heavy atom. The summed E-state index contributed by atoms with van der Waals surface area (Å²) in [6, 6.07) is 13.9. The standard InChI is InChI=1S/C23H27F3N2O3/c1-17(7-5-15-27-21(29)18-9-3-2-4-10-18)8-6-16-28-22(30)19-11-13-20(14-12-19)31-23(24,25)26/h2-4,9-14,17H,5-8,15-16H2,1H3,(H,27,29)(H,28,30). The highest BCUT2D eigenvalue weighted by molar-refractivity contribution is 5.94. The molecule has 0 spiro atoms.